The Morgan fingerprint density at radius 2 is 1.80 bits per heavy atom. The molecule has 2 aromatic carbocycles. The number of allylic oxidation sites excluding steroid dienone is 1. The molecule has 6 nitrogen and oxygen atoms in total. The first kappa shape index (κ1) is 20.9. The Balaban J connectivity index is 1.44. The summed E-state index contributed by atoms with van der Waals surface area (Å²) in [7, 11) is 0. The molecule has 1 unspecified atom stereocenters. The van der Waals surface area contributed by atoms with E-state index in [0.29, 0.717) is 30.8 Å². The normalized spacial score (nSPS) is 31.6. The van der Waals surface area contributed by atoms with E-state index in [1.54, 1.807) is 0 Å². The van der Waals surface area contributed by atoms with E-state index in [-0.39, 0.29) is 17.7 Å². The molecule has 1 aliphatic carbocycles. The molecule has 0 aromatic heterocycles. The first-order valence-electron chi connectivity index (χ1n) is 12.5. The van der Waals surface area contributed by atoms with Gasteiger partial charge in [-0.2, -0.15) is 4.74 Å². The molecule has 2 spiro atoms. The summed E-state index contributed by atoms with van der Waals surface area (Å²) < 4.78 is 1.08. The highest BCUT2D eigenvalue weighted by Crippen LogP contribution is 2.60. The van der Waals surface area contributed by atoms with Crippen LogP contribution in [0.15, 0.2) is 42.5 Å². The van der Waals surface area contributed by atoms with E-state index in [2.05, 4.69) is 57.3 Å². The third-order valence-corrected chi connectivity index (χ3v) is 9.30. The highest BCUT2D eigenvalue weighted by atomic mass is 16.5. The number of nitrogens with one attached hydrogen (secondary N) is 1. The number of piperidine rings is 2. The number of aryl methyl sites for hydroxylation is 2. The van der Waals surface area contributed by atoms with Crippen molar-refractivity contribution < 1.29 is 14.3 Å². The first-order chi connectivity index (χ1) is 16.6. The van der Waals surface area contributed by atoms with Crippen LogP contribution < -0.4 is 5.32 Å². The molecule has 3 atom stereocenters. The van der Waals surface area contributed by atoms with Crippen molar-refractivity contribution in [2.75, 3.05) is 6.54 Å². The van der Waals surface area contributed by atoms with Gasteiger partial charge in [-0.1, -0.05) is 35.4 Å². The van der Waals surface area contributed by atoms with E-state index >= 15 is 0 Å². The van der Waals surface area contributed by atoms with Gasteiger partial charge >= 0.3 is 0 Å². The molecule has 8 rings (SSSR count). The van der Waals surface area contributed by atoms with Crippen LogP contribution in [0.2, 0.25) is 0 Å². The largest absolute Gasteiger partial charge is 0.618 e. The Bertz CT molecular complexity index is 1430. The molecule has 5 aliphatic heterocycles. The van der Waals surface area contributed by atoms with Gasteiger partial charge in [0.2, 0.25) is 17.3 Å². The number of hydrogen-bond donors (Lipinski definition) is 1. The number of carbonyl (C=O) groups is 2. The minimum absolute atomic E-state index is 0.0109. The molecular weight excluding hydrogens is 438 g/mol. The predicted molar refractivity (Wildman–Crippen MR) is 134 cm³/mol. The van der Waals surface area contributed by atoms with E-state index in [4.69, 9.17) is 0 Å². The van der Waals surface area contributed by atoms with Crippen LogP contribution in [0.1, 0.15) is 49.8 Å². The molecule has 178 valence electrons. The van der Waals surface area contributed by atoms with Crippen LogP contribution in [-0.2, 0) is 9.59 Å². The molecule has 0 radical (unpaired) electrons. The molecule has 5 heterocycles. The number of rotatable bonds is 1. The summed E-state index contributed by atoms with van der Waals surface area (Å²) in [6.45, 7) is 8.92. The number of hydrogen-bond acceptors (Lipinski definition) is 3. The highest BCUT2D eigenvalue weighted by molar-refractivity contribution is 6.30. The molecule has 1 N–H and O–H groups in total. The molecular formula is C29H29N3O3. The maximum Gasteiger partial charge on any atom is 0.253 e. The maximum atomic E-state index is 13.9. The summed E-state index contributed by atoms with van der Waals surface area (Å²) in [5.74, 6) is -0.217. The van der Waals surface area contributed by atoms with Crippen molar-refractivity contribution in [2.24, 2.45) is 11.3 Å². The summed E-state index contributed by atoms with van der Waals surface area (Å²) in [5, 5.41) is 17.0. The van der Waals surface area contributed by atoms with Crippen LogP contribution in [0.25, 0.3) is 16.7 Å². The maximum absolute atomic E-state index is 13.9. The van der Waals surface area contributed by atoms with Crippen LogP contribution in [0, 0.1) is 30.4 Å². The molecule has 2 aromatic rings. The SMILES string of the molecule is Cc1cc(C)cc(-c2ccc3c(c2)[N+]([O-])=C2C3=C[C@@]34NC(=O)C5(CCCN5C3=O)C[C@H]4C2(C)C)c1. The molecule has 4 saturated heterocycles. The predicted octanol–water partition coefficient (Wildman–Crippen LogP) is 4.24. The zero-order valence-corrected chi connectivity index (χ0v) is 20.6. The molecule has 2 amide bonds. The fourth-order valence-electron chi connectivity index (χ4n) is 7.81. The van der Waals surface area contributed by atoms with Gasteiger partial charge in [0.15, 0.2) is 0 Å². The number of piperazine rings is 1. The van der Waals surface area contributed by atoms with Gasteiger partial charge in [0.05, 0.1) is 16.6 Å². The fourth-order valence-corrected chi connectivity index (χ4v) is 7.81. The van der Waals surface area contributed by atoms with Gasteiger partial charge in [-0.25, -0.2) is 0 Å². The van der Waals surface area contributed by atoms with Crippen molar-refractivity contribution in [2.45, 2.75) is 58.0 Å². The molecule has 6 aliphatic rings. The van der Waals surface area contributed by atoms with Crippen molar-refractivity contribution >= 4 is 28.8 Å². The summed E-state index contributed by atoms with van der Waals surface area (Å²) in [5.41, 5.74) is 4.92. The monoisotopic (exact) mass is 467 g/mol. The van der Waals surface area contributed by atoms with Crippen molar-refractivity contribution in [1.29, 1.82) is 0 Å². The molecule has 35 heavy (non-hydrogen) atoms. The average molecular weight is 468 g/mol. The second kappa shape index (κ2) is 6.23. The summed E-state index contributed by atoms with van der Waals surface area (Å²) in [6.07, 6.45) is 4.04. The Labute approximate surface area is 204 Å². The number of fused-ring (bicyclic) bond motifs is 4. The van der Waals surface area contributed by atoms with E-state index in [1.807, 2.05) is 23.1 Å². The van der Waals surface area contributed by atoms with Crippen LogP contribution in [-0.4, -0.2) is 44.8 Å². The Kier molecular flexibility index (Phi) is 3.72. The van der Waals surface area contributed by atoms with E-state index < -0.39 is 16.5 Å². The Morgan fingerprint density at radius 3 is 2.54 bits per heavy atom. The second-order valence-corrected chi connectivity index (χ2v) is 11.7. The lowest BCUT2D eigenvalue weighted by molar-refractivity contribution is -0.362. The van der Waals surface area contributed by atoms with E-state index in [9.17, 15) is 14.8 Å². The highest BCUT2D eigenvalue weighted by Gasteiger charge is 2.73. The minimum atomic E-state index is -1.10. The number of nitrogens with zero attached hydrogens (tertiary/aromatic N) is 2. The molecule has 6 heteroatoms. The fraction of sp³-hybridized carbons (Fsp3) is 0.414. The first-order valence-corrected chi connectivity index (χ1v) is 12.5. The zero-order valence-electron chi connectivity index (χ0n) is 20.6. The smallest absolute Gasteiger partial charge is 0.253 e. The lowest BCUT2D eigenvalue weighted by Gasteiger charge is -2.62. The lowest BCUT2D eigenvalue weighted by Crippen LogP contribution is -2.83. The zero-order chi connectivity index (χ0) is 24.5. The second-order valence-electron chi connectivity index (χ2n) is 11.7. The van der Waals surface area contributed by atoms with Crippen molar-refractivity contribution in [3.8, 4) is 11.1 Å². The quantitative estimate of drug-likeness (QED) is 0.504. The summed E-state index contributed by atoms with van der Waals surface area (Å²) in [4.78, 5) is 29.0. The van der Waals surface area contributed by atoms with Crippen LogP contribution >= 0.6 is 0 Å². The summed E-state index contributed by atoms with van der Waals surface area (Å²) in [6, 6.07) is 12.4. The Hall–Kier alpha value is -3.41. The standard InChI is InChI=1S/C29H29N3O3/c1-16-10-17(2)12-19(11-16)18-6-7-20-21-14-29-23(27(3,4)24(21)32(35)22(20)13-18)15-28(25(33)30-29)8-5-9-31(28)26(29)34/h6-7,10-14,23H,5,8-9,15H2,1-4H3,(H,30,33)/t23-,28?,29-/m0/s1. The molecule has 2 bridgehead atoms. The van der Waals surface area contributed by atoms with Gasteiger partial charge in [0.25, 0.3) is 5.91 Å². The van der Waals surface area contributed by atoms with Crippen molar-refractivity contribution in [3.05, 3.63) is 64.4 Å². The van der Waals surface area contributed by atoms with Crippen molar-refractivity contribution in [1.82, 2.24) is 10.2 Å². The number of benzene rings is 2. The topological polar surface area (TPSA) is 75.5 Å². The number of amides is 2. The van der Waals surface area contributed by atoms with E-state index in [1.165, 1.54) is 11.1 Å². The van der Waals surface area contributed by atoms with Gasteiger partial charge in [0.1, 0.15) is 11.1 Å². The van der Waals surface area contributed by atoms with Gasteiger partial charge in [-0.15, -0.1) is 0 Å². The van der Waals surface area contributed by atoms with Gasteiger partial charge in [0, 0.05) is 18.5 Å². The summed E-state index contributed by atoms with van der Waals surface area (Å²) >= 11 is 0. The van der Waals surface area contributed by atoms with Crippen LogP contribution in [0.3, 0.4) is 0 Å². The third kappa shape index (κ3) is 2.33. The average Bonchev–Trinajstić information content (AvgIpc) is 3.35. The third-order valence-electron chi connectivity index (χ3n) is 9.30. The van der Waals surface area contributed by atoms with Gasteiger partial charge in [-0.3, -0.25) is 9.59 Å². The van der Waals surface area contributed by atoms with Crippen LogP contribution in [0.5, 0.6) is 0 Å². The lowest BCUT2D eigenvalue weighted by atomic mass is 9.51. The molecule has 4 fully saturated rings. The van der Waals surface area contributed by atoms with Gasteiger partial charge < -0.3 is 15.4 Å². The van der Waals surface area contributed by atoms with Crippen LogP contribution in [0.4, 0.5) is 5.69 Å². The molecule has 0 saturated carbocycles. The Morgan fingerprint density at radius 1 is 1.06 bits per heavy atom. The van der Waals surface area contributed by atoms with Crippen molar-refractivity contribution in [3.63, 3.8) is 0 Å². The van der Waals surface area contributed by atoms with Gasteiger partial charge in [-0.05, 0) is 70.2 Å². The van der Waals surface area contributed by atoms with E-state index in [0.717, 1.165) is 33.4 Å². The minimum Gasteiger partial charge on any atom is -0.618 e. The number of carbonyl (C=O) groups excluding carboxylic acids is 2.